The summed E-state index contributed by atoms with van der Waals surface area (Å²) in [5.74, 6) is -0.301. The van der Waals surface area contributed by atoms with Crippen molar-refractivity contribution in [3.05, 3.63) is 12.7 Å². The molecule has 1 rings (SSSR count). The zero-order chi connectivity index (χ0) is 24.5. The van der Waals surface area contributed by atoms with E-state index in [2.05, 4.69) is 37.8 Å². The SMILES string of the molecule is CC(C)CCCCCCCOC(=O)C(Cl)(C(=O)OCCCCCCCC(C)C)n1cncn1. The molecule has 0 amide bonds. The number of rotatable bonds is 19. The summed E-state index contributed by atoms with van der Waals surface area (Å²) < 4.78 is 11.7. The Morgan fingerprint density at radius 2 is 1.21 bits per heavy atom. The molecule has 0 unspecified atom stereocenters. The van der Waals surface area contributed by atoms with Gasteiger partial charge in [-0.3, -0.25) is 0 Å². The lowest BCUT2D eigenvalue weighted by Crippen LogP contribution is -2.47. The van der Waals surface area contributed by atoms with Gasteiger partial charge in [-0.15, -0.1) is 0 Å². The Balaban J connectivity index is 2.39. The minimum Gasteiger partial charge on any atom is -0.463 e. The van der Waals surface area contributed by atoms with Crippen LogP contribution in [0.5, 0.6) is 0 Å². The number of carbonyl (C=O) groups is 2. The number of unbranched alkanes of at least 4 members (excludes halogenated alkanes) is 8. The summed E-state index contributed by atoms with van der Waals surface area (Å²) in [5, 5.41) is 3.89. The summed E-state index contributed by atoms with van der Waals surface area (Å²) in [4.78, 5) is 27.1. The predicted octanol–water partition coefficient (Wildman–Crippen LogP) is 6.25. The van der Waals surface area contributed by atoms with Gasteiger partial charge < -0.3 is 9.47 Å². The van der Waals surface area contributed by atoms with Gasteiger partial charge >= 0.3 is 16.9 Å². The van der Waals surface area contributed by atoms with E-state index in [9.17, 15) is 9.59 Å². The molecule has 0 atom stereocenters. The Morgan fingerprint density at radius 1 is 0.788 bits per heavy atom. The molecule has 190 valence electrons. The van der Waals surface area contributed by atoms with Crippen LogP contribution in [0.25, 0.3) is 0 Å². The van der Waals surface area contributed by atoms with E-state index >= 15 is 0 Å². The van der Waals surface area contributed by atoms with E-state index in [4.69, 9.17) is 21.1 Å². The summed E-state index contributed by atoms with van der Waals surface area (Å²) in [6.07, 6.45) is 15.3. The van der Waals surface area contributed by atoms with Crippen LogP contribution in [0.3, 0.4) is 0 Å². The zero-order valence-corrected chi connectivity index (χ0v) is 21.8. The smallest absolute Gasteiger partial charge is 0.361 e. The normalized spacial score (nSPS) is 11.8. The maximum Gasteiger partial charge on any atom is 0.361 e. The molecule has 0 saturated heterocycles. The molecule has 0 N–H and O–H groups in total. The second-order valence-electron chi connectivity index (χ2n) is 9.63. The van der Waals surface area contributed by atoms with Crippen LogP contribution in [0.15, 0.2) is 12.7 Å². The molecular formula is C25H44ClN3O4. The number of esters is 2. The van der Waals surface area contributed by atoms with Gasteiger partial charge in [-0.1, -0.05) is 104 Å². The number of hydrogen-bond acceptors (Lipinski definition) is 6. The Hall–Kier alpha value is -1.63. The number of nitrogens with zero attached hydrogens (tertiary/aromatic N) is 3. The van der Waals surface area contributed by atoms with Gasteiger partial charge in [0, 0.05) is 0 Å². The van der Waals surface area contributed by atoms with Crippen LogP contribution in [0.1, 0.15) is 105 Å². The average Bonchev–Trinajstić information content (AvgIpc) is 3.31. The third-order valence-corrected chi connectivity index (χ3v) is 6.08. The number of halogens is 1. The Bertz CT molecular complexity index is 614. The number of carbonyl (C=O) groups excluding carboxylic acids is 2. The third-order valence-electron chi connectivity index (χ3n) is 5.59. The van der Waals surface area contributed by atoms with Gasteiger partial charge in [-0.2, -0.15) is 5.10 Å². The molecule has 0 radical (unpaired) electrons. The number of alkyl halides is 1. The summed E-state index contributed by atoms with van der Waals surface area (Å²) in [6.45, 7) is 9.33. The van der Waals surface area contributed by atoms with Gasteiger partial charge in [0.1, 0.15) is 12.7 Å². The molecule has 8 heteroatoms. The van der Waals surface area contributed by atoms with Crippen molar-refractivity contribution in [3.8, 4) is 0 Å². The van der Waals surface area contributed by atoms with Crippen LogP contribution in [-0.2, 0) is 24.1 Å². The summed E-state index contributed by atoms with van der Waals surface area (Å²) in [7, 11) is 0. The van der Waals surface area contributed by atoms with Crippen molar-refractivity contribution >= 4 is 23.5 Å². The maximum absolute atomic E-state index is 12.7. The van der Waals surface area contributed by atoms with Crippen molar-refractivity contribution in [2.75, 3.05) is 13.2 Å². The van der Waals surface area contributed by atoms with Crippen molar-refractivity contribution in [1.29, 1.82) is 0 Å². The zero-order valence-electron chi connectivity index (χ0n) is 21.1. The molecule has 0 saturated carbocycles. The first-order valence-corrected chi connectivity index (χ1v) is 13.0. The van der Waals surface area contributed by atoms with Crippen molar-refractivity contribution in [2.24, 2.45) is 11.8 Å². The van der Waals surface area contributed by atoms with E-state index in [1.54, 1.807) is 0 Å². The molecule has 0 fully saturated rings. The highest BCUT2D eigenvalue weighted by Gasteiger charge is 2.50. The van der Waals surface area contributed by atoms with E-state index in [0.29, 0.717) is 0 Å². The fraction of sp³-hybridized carbons (Fsp3) is 0.840. The van der Waals surface area contributed by atoms with Crippen molar-refractivity contribution < 1.29 is 19.1 Å². The quantitative estimate of drug-likeness (QED) is 0.0996. The fourth-order valence-electron chi connectivity index (χ4n) is 3.53. The highest BCUT2D eigenvalue weighted by Crippen LogP contribution is 2.25. The van der Waals surface area contributed by atoms with Crippen LogP contribution in [0.4, 0.5) is 0 Å². The fourth-order valence-corrected chi connectivity index (χ4v) is 3.73. The lowest BCUT2D eigenvalue weighted by atomic mass is 10.0. The predicted molar refractivity (Wildman–Crippen MR) is 131 cm³/mol. The molecule has 0 aliphatic carbocycles. The first-order valence-electron chi connectivity index (χ1n) is 12.7. The van der Waals surface area contributed by atoms with Crippen molar-refractivity contribution in [1.82, 2.24) is 14.8 Å². The van der Waals surface area contributed by atoms with E-state index < -0.39 is 16.9 Å². The summed E-state index contributed by atoms with van der Waals surface area (Å²) >= 11 is 6.44. The third kappa shape index (κ3) is 11.9. The van der Waals surface area contributed by atoms with E-state index in [1.165, 1.54) is 51.2 Å². The van der Waals surface area contributed by atoms with Crippen LogP contribution in [-0.4, -0.2) is 39.9 Å². The second kappa shape index (κ2) is 16.9. The molecule has 7 nitrogen and oxygen atoms in total. The van der Waals surface area contributed by atoms with Gasteiger partial charge in [-0.05, 0) is 24.7 Å². The average molecular weight is 486 g/mol. The van der Waals surface area contributed by atoms with Crippen molar-refractivity contribution in [3.63, 3.8) is 0 Å². The number of aromatic nitrogens is 3. The Labute approximate surface area is 205 Å². The molecule has 1 aromatic heterocycles. The van der Waals surface area contributed by atoms with Crippen LogP contribution in [0.2, 0.25) is 0 Å². The van der Waals surface area contributed by atoms with Crippen LogP contribution >= 0.6 is 11.6 Å². The van der Waals surface area contributed by atoms with E-state index in [0.717, 1.165) is 55.0 Å². The molecule has 0 spiro atoms. The standard InChI is InChI=1S/C25H44ClN3O4/c1-21(2)15-11-7-5-9-13-17-32-23(30)25(26,29-20-27-19-28-29)24(31)33-18-14-10-6-8-12-16-22(3)4/h19-22H,5-18H2,1-4H3. The largest absolute Gasteiger partial charge is 0.463 e. The summed E-state index contributed by atoms with van der Waals surface area (Å²) in [6, 6.07) is 0. The van der Waals surface area contributed by atoms with E-state index in [-0.39, 0.29) is 13.2 Å². The topological polar surface area (TPSA) is 83.3 Å². The van der Waals surface area contributed by atoms with Gasteiger partial charge in [0.25, 0.3) is 0 Å². The van der Waals surface area contributed by atoms with Gasteiger partial charge in [0.05, 0.1) is 13.2 Å². The highest BCUT2D eigenvalue weighted by atomic mass is 35.5. The maximum atomic E-state index is 12.7. The second-order valence-corrected chi connectivity index (χ2v) is 10.2. The lowest BCUT2D eigenvalue weighted by Gasteiger charge is -2.23. The first-order chi connectivity index (χ1) is 15.8. The number of hydrogen-bond donors (Lipinski definition) is 0. The molecular weight excluding hydrogens is 442 g/mol. The first kappa shape index (κ1) is 29.4. The summed E-state index contributed by atoms with van der Waals surface area (Å²) in [5.41, 5.74) is 0. The Morgan fingerprint density at radius 3 is 1.61 bits per heavy atom. The molecule has 0 bridgehead atoms. The van der Waals surface area contributed by atoms with Crippen LogP contribution in [0, 0.1) is 11.8 Å². The molecule has 0 aliphatic heterocycles. The monoisotopic (exact) mass is 485 g/mol. The molecule has 1 aromatic rings. The number of ether oxygens (including phenoxy) is 2. The van der Waals surface area contributed by atoms with Gasteiger partial charge in [0.2, 0.25) is 0 Å². The van der Waals surface area contributed by atoms with Crippen molar-refractivity contribution in [2.45, 2.75) is 110 Å². The Kier molecular flexibility index (Phi) is 15.1. The minimum absolute atomic E-state index is 0.204. The van der Waals surface area contributed by atoms with Gasteiger partial charge in [0.15, 0.2) is 0 Å². The molecule has 33 heavy (non-hydrogen) atoms. The highest BCUT2D eigenvalue weighted by molar-refractivity contribution is 6.41. The molecule has 0 aromatic carbocycles. The van der Waals surface area contributed by atoms with Gasteiger partial charge in [-0.25, -0.2) is 19.3 Å². The molecule has 0 aliphatic rings. The lowest BCUT2D eigenvalue weighted by molar-refractivity contribution is -0.165. The van der Waals surface area contributed by atoms with Crippen LogP contribution < -0.4 is 0 Å². The minimum atomic E-state index is -2.19. The van der Waals surface area contributed by atoms with E-state index in [1.807, 2.05) is 0 Å². The molecule has 1 heterocycles.